The number of nitrogens with zero attached hydrogens (tertiary/aromatic N) is 2. The van der Waals surface area contributed by atoms with Crippen LogP contribution in [-0.2, 0) is 9.59 Å². The molecule has 3 amide bonds. The molecule has 4 rings (SSSR count). The van der Waals surface area contributed by atoms with E-state index in [2.05, 4.69) is 25.3 Å². The van der Waals surface area contributed by atoms with Crippen molar-refractivity contribution in [2.45, 2.75) is 17.0 Å². The summed E-state index contributed by atoms with van der Waals surface area (Å²) in [5, 5.41) is 9.89. The minimum atomic E-state index is -0.553. The van der Waals surface area contributed by atoms with Crippen LogP contribution in [0.5, 0.6) is 0 Å². The topological polar surface area (TPSA) is 113 Å². The summed E-state index contributed by atoms with van der Waals surface area (Å²) in [4.78, 5) is 43.5. The van der Waals surface area contributed by atoms with Gasteiger partial charge in [0.25, 0.3) is 11.8 Å². The molecule has 4 aromatic rings. The first-order chi connectivity index (χ1) is 19.8. The molecule has 3 aromatic carbocycles. The largest absolute Gasteiger partial charge is 0.321 e. The normalized spacial score (nSPS) is 11.1. The van der Waals surface area contributed by atoms with Crippen molar-refractivity contribution in [1.29, 1.82) is 0 Å². The minimum Gasteiger partial charge on any atom is -0.321 e. The number of thioether (sulfide) groups is 2. The van der Waals surface area contributed by atoms with Gasteiger partial charge in [-0.2, -0.15) is 9.36 Å². The van der Waals surface area contributed by atoms with Gasteiger partial charge < -0.3 is 10.6 Å². The molecular formula is C28H23Cl2N5O3S3. The Labute approximate surface area is 259 Å². The molecule has 210 valence electrons. The van der Waals surface area contributed by atoms with Crippen LogP contribution < -0.4 is 16.0 Å². The smallest absolute Gasteiger partial charge is 0.272 e. The van der Waals surface area contributed by atoms with Gasteiger partial charge in [0.05, 0.1) is 15.8 Å². The van der Waals surface area contributed by atoms with E-state index in [9.17, 15) is 14.4 Å². The van der Waals surface area contributed by atoms with Crippen LogP contribution in [0.4, 0.5) is 10.8 Å². The average Bonchev–Trinajstić information content (AvgIpc) is 3.41. The number of halogens is 2. The number of hydrogen-bond donors (Lipinski definition) is 3. The molecule has 0 aliphatic rings. The summed E-state index contributed by atoms with van der Waals surface area (Å²) >= 11 is 16.5. The summed E-state index contributed by atoms with van der Waals surface area (Å²) < 4.78 is 4.18. The highest BCUT2D eigenvalue weighted by Gasteiger charge is 2.16. The summed E-state index contributed by atoms with van der Waals surface area (Å²) in [5.74, 6) is -0.167. The van der Waals surface area contributed by atoms with Crippen LogP contribution in [0.25, 0.3) is 6.08 Å². The van der Waals surface area contributed by atoms with Gasteiger partial charge >= 0.3 is 0 Å². The summed E-state index contributed by atoms with van der Waals surface area (Å²) in [6, 6.07) is 20.5. The highest BCUT2D eigenvalue weighted by atomic mass is 35.5. The van der Waals surface area contributed by atoms with E-state index in [4.69, 9.17) is 23.2 Å². The van der Waals surface area contributed by atoms with Crippen LogP contribution in [0, 0.1) is 0 Å². The second-order valence-corrected chi connectivity index (χ2v) is 12.0. The molecule has 8 nitrogen and oxygen atoms in total. The van der Waals surface area contributed by atoms with Crippen LogP contribution >= 0.6 is 58.3 Å². The van der Waals surface area contributed by atoms with E-state index < -0.39 is 11.8 Å². The van der Waals surface area contributed by atoms with Crippen molar-refractivity contribution >= 4 is 92.9 Å². The van der Waals surface area contributed by atoms with Crippen molar-refractivity contribution in [1.82, 2.24) is 14.7 Å². The zero-order valence-electron chi connectivity index (χ0n) is 21.5. The van der Waals surface area contributed by atoms with Crippen molar-refractivity contribution in [2.75, 3.05) is 22.1 Å². The predicted octanol–water partition coefficient (Wildman–Crippen LogP) is 7.10. The Morgan fingerprint density at radius 1 is 0.927 bits per heavy atom. The van der Waals surface area contributed by atoms with E-state index in [1.54, 1.807) is 72.8 Å². The Hall–Kier alpha value is -3.35. The van der Waals surface area contributed by atoms with E-state index in [1.165, 1.54) is 29.6 Å². The van der Waals surface area contributed by atoms with Crippen molar-refractivity contribution in [3.8, 4) is 0 Å². The fourth-order valence-corrected chi connectivity index (χ4v) is 5.66. The fraction of sp³-hybridized carbons (Fsp3) is 0.107. The Kier molecular flexibility index (Phi) is 11.2. The van der Waals surface area contributed by atoms with Gasteiger partial charge in [-0.15, -0.1) is 11.8 Å². The second-order valence-electron chi connectivity index (χ2n) is 8.15. The first kappa shape index (κ1) is 30.6. The lowest BCUT2D eigenvalue weighted by Crippen LogP contribution is -2.30. The molecule has 0 atom stereocenters. The third-order valence-electron chi connectivity index (χ3n) is 5.22. The number of carbonyl (C=O) groups is 3. The maximum atomic E-state index is 13.3. The summed E-state index contributed by atoms with van der Waals surface area (Å²) in [5.41, 5.74) is 1.34. The van der Waals surface area contributed by atoms with Gasteiger partial charge in [0.15, 0.2) is 0 Å². The molecule has 1 aromatic heterocycles. The average molecular weight is 645 g/mol. The fourth-order valence-electron chi connectivity index (χ4n) is 3.32. The molecule has 0 radical (unpaired) electrons. The Morgan fingerprint density at radius 2 is 1.68 bits per heavy atom. The lowest BCUT2D eigenvalue weighted by atomic mass is 10.1. The highest BCUT2D eigenvalue weighted by Crippen LogP contribution is 2.28. The van der Waals surface area contributed by atoms with Gasteiger partial charge in [0, 0.05) is 27.7 Å². The van der Waals surface area contributed by atoms with E-state index in [1.807, 2.05) is 6.92 Å². The van der Waals surface area contributed by atoms with Gasteiger partial charge in [0.2, 0.25) is 16.2 Å². The molecule has 41 heavy (non-hydrogen) atoms. The van der Waals surface area contributed by atoms with E-state index in [0.29, 0.717) is 32.1 Å². The Bertz CT molecular complexity index is 1560. The molecule has 3 N–H and O–H groups in total. The van der Waals surface area contributed by atoms with Gasteiger partial charge in [-0.3, -0.25) is 19.7 Å². The molecule has 0 saturated carbocycles. The van der Waals surface area contributed by atoms with Crippen LogP contribution in [0.3, 0.4) is 0 Å². The van der Waals surface area contributed by atoms with Crippen molar-refractivity contribution in [2.24, 2.45) is 0 Å². The number of anilines is 2. The van der Waals surface area contributed by atoms with Crippen molar-refractivity contribution < 1.29 is 14.4 Å². The number of nitrogens with one attached hydrogen (secondary N) is 3. The number of amides is 3. The van der Waals surface area contributed by atoms with E-state index >= 15 is 0 Å². The van der Waals surface area contributed by atoms with Crippen LogP contribution in [-0.4, -0.2) is 38.6 Å². The number of hydrogen-bond acceptors (Lipinski definition) is 8. The van der Waals surface area contributed by atoms with Gasteiger partial charge in [-0.1, -0.05) is 72.2 Å². The first-order valence-electron chi connectivity index (χ1n) is 12.1. The molecule has 13 heteroatoms. The number of benzene rings is 3. The lowest BCUT2D eigenvalue weighted by molar-refractivity contribution is -0.114. The SMILES string of the molecule is CCSc1nsc(NC(=O)CSc2ccc(NC(=O)/C(=C/c3cccc(Cl)c3Cl)NC(=O)c3ccccc3)cc2)n1. The summed E-state index contributed by atoms with van der Waals surface area (Å²) in [6.07, 6.45) is 1.47. The monoisotopic (exact) mass is 643 g/mol. The van der Waals surface area contributed by atoms with Crippen LogP contribution in [0.15, 0.2) is 88.5 Å². The van der Waals surface area contributed by atoms with E-state index in [0.717, 1.165) is 22.2 Å². The molecule has 1 heterocycles. The van der Waals surface area contributed by atoms with Gasteiger partial charge in [0.1, 0.15) is 5.70 Å². The summed E-state index contributed by atoms with van der Waals surface area (Å²) in [6.45, 7) is 2.01. The quantitative estimate of drug-likeness (QED) is 0.118. The molecule has 0 unspecified atom stereocenters. The summed E-state index contributed by atoms with van der Waals surface area (Å²) in [7, 11) is 0. The molecule has 0 aliphatic heterocycles. The zero-order valence-corrected chi connectivity index (χ0v) is 25.5. The number of rotatable bonds is 11. The van der Waals surface area contributed by atoms with Crippen LogP contribution in [0.1, 0.15) is 22.8 Å². The first-order valence-corrected chi connectivity index (χ1v) is 15.6. The predicted molar refractivity (Wildman–Crippen MR) is 169 cm³/mol. The van der Waals surface area contributed by atoms with Gasteiger partial charge in [-0.05, 0) is 59.9 Å². The van der Waals surface area contributed by atoms with Gasteiger partial charge in [-0.25, -0.2) is 0 Å². The minimum absolute atomic E-state index is 0.0182. The lowest BCUT2D eigenvalue weighted by Gasteiger charge is -2.12. The Balaban J connectivity index is 1.41. The second kappa shape index (κ2) is 15.0. The molecular weight excluding hydrogens is 621 g/mol. The number of carbonyl (C=O) groups excluding carboxylic acids is 3. The molecule has 0 spiro atoms. The third kappa shape index (κ3) is 9.07. The molecule has 0 bridgehead atoms. The molecule has 0 fully saturated rings. The maximum Gasteiger partial charge on any atom is 0.272 e. The standard InChI is InChI=1S/C28H23Cl2N5O3S3/c1-2-39-28-34-27(41-35-28)33-23(36)16-40-20-13-11-19(12-14-20)31-26(38)22(15-18-9-6-10-21(29)24(18)30)32-25(37)17-7-4-3-5-8-17/h3-15H,2,16H2,1H3,(H,31,38)(H,32,37)(H,33,34,35,36)/b22-15-. The van der Waals surface area contributed by atoms with Crippen molar-refractivity contribution in [3.63, 3.8) is 0 Å². The van der Waals surface area contributed by atoms with E-state index in [-0.39, 0.29) is 22.4 Å². The maximum absolute atomic E-state index is 13.3. The number of aromatic nitrogens is 2. The van der Waals surface area contributed by atoms with Crippen LogP contribution in [0.2, 0.25) is 10.0 Å². The highest BCUT2D eigenvalue weighted by molar-refractivity contribution is 8.00. The zero-order chi connectivity index (χ0) is 29.2. The third-order valence-corrected chi connectivity index (χ3v) is 8.54. The molecule has 0 saturated heterocycles. The Morgan fingerprint density at radius 3 is 2.41 bits per heavy atom. The van der Waals surface area contributed by atoms with Crippen molar-refractivity contribution in [3.05, 3.63) is 99.7 Å². The molecule has 0 aliphatic carbocycles.